The van der Waals surface area contributed by atoms with Gasteiger partial charge in [-0.05, 0) is 55.0 Å². The number of nitrogens with zero attached hydrogens (tertiary/aromatic N) is 1. The number of amides is 2. The molecule has 0 aromatic heterocycles. The van der Waals surface area contributed by atoms with Crippen LogP contribution >= 0.6 is 0 Å². The van der Waals surface area contributed by atoms with Crippen LogP contribution in [-0.2, 0) is 16.1 Å². The number of anilines is 2. The lowest BCUT2D eigenvalue weighted by Crippen LogP contribution is -2.28. The number of esters is 1. The summed E-state index contributed by atoms with van der Waals surface area (Å²) in [5, 5.41) is 19.5. The monoisotopic (exact) mass is 506 g/mol. The highest BCUT2D eigenvalue weighted by Gasteiger charge is 2.19. The fourth-order valence-corrected chi connectivity index (χ4v) is 3.30. The minimum absolute atomic E-state index is 0.0562. The van der Waals surface area contributed by atoms with Gasteiger partial charge in [-0.25, -0.2) is 4.79 Å². The van der Waals surface area contributed by atoms with Gasteiger partial charge in [-0.15, -0.1) is 0 Å². The van der Waals surface area contributed by atoms with E-state index in [1.165, 1.54) is 36.4 Å². The van der Waals surface area contributed by atoms with E-state index in [0.29, 0.717) is 17.8 Å². The average molecular weight is 507 g/mol. The van der Waals surface area contributed by atoms with Crippen LogP contribution in [0.5, 0.6) is 5.75 Å². The van der Waals surface area contributed by atoms with Gasteiger partial charge >= 0.3 is 5.97 Å². The van der Waals surface area contributed by atoms with Crippen LogP contribution in [-0.4, -0.2) is 43.0 Å². The zero-order valence-corrected chi connectivity index (χ0v) is 20.3. The van der Waals surface area contributed by atoms with E-state index in [1.54, 1.807) is 14.0 Å². The van der Waals surface area contributed by atoms with Gasteiger partial charge in [-0.2, -0.15) is 0 Å². The van der Waals surface area contributed by atoms with Crippen LogP contribution in [0.1, 0.15) is 33.2 Å². The van der Waals surface area contributed by atoms with E-state index in [2.05, 4.69) is 16.0 Å². The predicted molar refractivity (Wildman–Crippen MR) is 137 cm³/mol. The molecule has 37 heavy (non-hydrogen) atoms. The summed E-state index contributed by atoms with van der Waals surface area (Å²) in [5.41, 5.74) is 1.32. The smallest absolute Gasteiger partial charge is 0.338 e. The molecule has 0 aliphatic heterocycles. The summed E-state index contributed by atoms with van der Waals surface area (Å²) in [5.74, 6) is -0.880. The van der Waals surface area contributed by atoms with Crippen LogP contribution in [0.25, 0.3) is 0 Å². The molecule has 3 rings (SSSR count). The fourth-order valence-electron chi connectivity index (χ4n) is 3.30. The zero-order chi connectivity index (χ0) is 26.8. The molecule has 0 saturated heterocycles. The van der Waals surface area contributed by atoms with Gasteiger partial charge in [0, 0.05) is 24.4 Å². The third kappa shape index (κ3) is 7.61. The summed E-state index contributed by atoms with van der Waals surface area (Å²) in [4.78, 5) is 47.9. The number of benzene rings is 3. The van der Waals surface area contributed by atoms with Gasteiger partial charge in [0.25, 0.3) is 11.6 Å². The van der Waals surface area contributed by atoms with Gasteiger partial charge in [-0.3, -0.25) is 19.7 Å². The Bertz CT molecular complexity index is 1280. The molecule has 2 amide bonds. The van der Waals surface area contributed by atoms with Gasteiger partial charge in [0.2, 0.25) is 5.91 Å². The maximum atomic E-state index is 13.0. The molecule has 0 aliphatic rings. The number of ether oxygens (including phenoxy) is 2. The number of non-ortho nitro benzene ring substituents is 1. The van der Waals surface area contributed by atoms with Crippen molar-refractivity contribution < 1.29 is 28.8 Å². The molecule has 0 saturated carbocycles. The summed E-state index contributed by atoms with van der Waals surface area (Å²) in [6.45, 7) is 2.29. The standard InChI is InChI=1S/C26H26N4O7/c1-3-37-26(33)18-6-8-19(9-7-18)28-25(32)22-14-20(30(34)35)10-13-23(22)29-24(31)16-27-15-17-4-11-21(36-2)12-5-17/h4-14,27H,3,15-16H2,1-2H3,(H,28,32)(H,29,31). The molecule has 0 unspecified atom stereocenters. The first-order valence-corrected chi connectivity index (χ1v) is 11.3. The highest BCUT2D eigenvalue weighted by atomic mass is 16.6. The van der Waals surface area contributed by atoms with E-state index in [-0.39, 0.29) is 30.1 Å². The SMILES string of the molecule is CCOC(=O)c1ccc(NC(=O)c2cc([N+](=O)[O-])ccc2NC(=O)CNCc2ccc(OC)cc2)cc1. The Balaban J connectivity index is 1.67. The van der Waals surface area contributed by atoms with Crippen molar-refractivity contribution >= 4 is 34.8 Å². The normalized spacial score (nSPS) is 10.3. The molecule has 0 heterocycles. The summed E-state index contributed by atoms with van der Waals surface area (Å²) >= 11 is 0. The highest BCUT2D eigenvalue weighted by molar-refractivity contribution is 6.10. The minimum Gasteiger partial charge on any atom is -0.497 e. The number of hydrogen-bond donors (Lipinski definition) is 3. The van der Waals surface area contributed by atoms with Crippen molar-refractivity contribution in [3.8, 4) is 5.75 Å². The van der Waals surface area contributed by atoms with Crippen LogP contribution in [0.15, 0.2) is 66.7 Å². The van der Waals surface area contributed by atoms with Crippen molar-refractivity contribution in [1.82, 2.24) is 5.32 Å². The maximum Gasteiger partial charge on any atom is 0.338 e. The molecule has 0 atom stereocenters. The summed E-state index contributed by atoms with van der Waals surface area (Å²) in [7, 11) is 1.58. The van der Waals surface area contributed by atoms with Crippen LogP contribution in [0.2, 0.25) is 0 Å². The second-order valence-electron chi connectivity index (χ2n) is 7.74. The lowest BCUT2D eigenvalue weighted by molar-refractivity contribution is -0.384. The molecular formula is C26H26N4O7. The second-order valence-corrected chi connectivity index (χ2v) is 7.74. The number of nitrogens with one attached hydrogen (secondary N) is 3. The third-order valence-electron chi connectivity index (χ3n) is 5.16. The first-order valence-electron chi connectivity index (χ1n) is 11.3. The number of carbonyl (C=O) groups excluding carboxylic acids is 3. The molecule has 0 fully saturated rings. The number of nitro benzene ring substituents is 1. The molecular weight excluding hydrogens is 480 g/mol. The maximum absolute atomic E-state index is 13.0. The van der Waals surface area contributed by atoms with Crippen molar-refractivity contribution in [3.63, 3.8) is 0 Å². The van der Waals surface area contributed by atoms with E-state index >= 15 is 0 Å². The van der Waals surface area contributed by atoms with Crippen LogP contribution in [0.4, 0.5) is 17.1 Å². The van der Waals surface area contributed by atoms with E-state index in [0.717, 1.165) is 17.4 Å². The van der Waals surface area contributed by atoms with E-state index in [1.807, 2.05) is 24.3 Å². The van der Waals surface area contributed by atoms with E-state index in [4.69, 9.17) is 9.47 Å². The Morgan fingerprint density at radius 2 is 1.65 bits per heavy atom. The first-order chi connectivity index (χ1) is 17.8. The van der Waals surface area contributed by atoms with Gasteiger partial charge in [0.05, 0.1) is 42.0 Å². The quantitative estimate of drug-likeness (QED) is 0.202. The first kappa shape index (κ1) is 26.8. The second kappa shape index (κ2) is 12.8. The fraction of sp³-hybridized carbons (Fsp3) is 0.192. The molecule has 11 heteroatoms. The minimum atomic E-state index is -0.672. The van der Waals surface area contributed by atoms with Crippen molar-refractivity contribution in [2.24, 2.45) is 0 Å². The van der Waals surface area contributed by atoms with Crippen LogP contribution in [0.3, 0.4) is 0 Å². The van der Waals surface area contributed by atoms with E-state index < -0.39 is 22.7 Å². The number of rotatable bonds is 11. The molecule has 0 bridgehead atoms. The van der Waals surface area contributed by atoms with Gasteiger partial charge in [-0.1, -0.05) is 12.1 Å². The summed E-state index contributed by atoms with van der Waals surface area (Å²) in [6, 6.07) is 16.9. The number of methoxy groups -OCH3 is 1. The Morgan fingerprint density at radius 3 is 2.27 bits per heavy atom. The molecule has 3 N–H and O–H groups in total. The zero-order valence-electron chi connectivity index (χ0n) is 20.3. The lowest BCUT2D eigenvalue weighted by Gasteiger charge is -2.12. The molecule has 0 radical (unpaired) electrons. The average Bonchev–Trinajstić information content (AvgIpc) is 2.89. The van der Waals surface area contributed by atoms with Crippen molar-refractivity contribution in [1.29, 1.82) is 0 Å². The van der Waals surface area contributed by atoms with Crippen LogP contribution in [0, 0.1) is 10.1 Å². The Kier molecular flexibility index (Phi) is 9.28. The number of carbonyl (C=O) groups is 3. The number of nitro groups is 1. The molecule has 11 nitrogen and oxygen atoms in total. The van der Waals surface area contributed by atoms with Crippen molar-refractivity contribution in [2.45, 2.75) is 13.5 Å². The van der Waals surface area contributed by atoms with E-state index in [9.17, 15) is 24.5 Å². The topological polar surface area (TPSA) is 149 Å². The molecule has 192 valence electrons. The van der Waals surface area contributed by atoms with Crippen LogP contribution < -0.4 is 20.7 Å². The lowest BCUT2D eigenvalue weighted by atomic mass is 10.1. The summed E-state index contributed by atoms with van der Waals surface area (Å²) in [6.07, 6.45) is 0. The predicted octanol–water partition coefficient (Wildman–Crippen LogP) is 3.76. The van der Waals surface area contributed by atoms with Crippen molar-refractivity contribution in [2.75, 3.05) is 30.9 Å². The third-order valence-corrected chi connectivity index (χ3v) is 5.16. The van der Waals surface area contributed by atoms with Crippen molar-refractivity contribution in [3.05, 3.63) is 93.5 Å². The molecule has 3 aromatic carbocycles. The molecule has 0 aliphatic carbocycles. The highest BCUT2D eigenvalue weighted by Crippen LogP contribution is 2.24. The molecule has 3 aromatic rings. The number of hydrogen-bond acceptors (Lipinski definition) is 8. The van der Waals surface area contributed by atoms with Gasteiger partial charge < -0.3 is 25.4 Å². The largest absolute Gasteiger partial charge is 0.497 e. The molecule has 0 spiro atoms. The van der Waals surface area contributed by atoms with Gasteiger partial charge in [0.15, 0.2) is 0 Å². The Morgan fingerprint density at radius 1 is 0.946 bits per heavy atom. The van der Waals surface area contributed by atoms with Gasteiger partial charge in [0.1, 0.15) is 5.75 Å². The summed E-state index contributed by atoms with van der Waals surface area (Å²) < 4.78 is 10.0. The Labute approximate surface area is 212 Å². The Hall–Kier alpha value is -4.77.